The highest BCUT2D eigenvalue weighted by Gasteiger charge is 2.22. The predicted octanol–water partition coefficient (Wildman–Crippen LogP) is 0.220. The molecule has 0 spiro atoms. The van der Waals surface area contributed by atoms with E-state index in [1.165, 1.54) is 6.20 Å². The van der Waals surface area contributed by atoms with Crippen molar-refractivity contribution >= 4 is 16.7 Å². The zero-order valence-corrected chi connectivity index (χ0v) is 14.2. The molecule has 1 aromatic carbocycles. The molecule has 1 aliphatic rings. The molecule has 2 aromatic rings. The molecule has 0 amide bonds. The number of H-pyrrole nitrogens is 1. The molecule has 25 heavy (non-hydrogen) atoms. The zero-order chi connectivity index (χ0) is 18.1. The van der Waals surface area contributed by atoms with Crippen molar-refractivity contribution in [2.24, 2.45) is 0 Å². The van der Waals surface area contributed by atoms with E-state index in [-0.39, 0.29) is 11.4 Å². The van der Waals surface area contributed by atoms with Crippen LogP contribution in [0.2, 0.25) is 0 Å². The Kier molecular flexibility index (Phi) is 4.82. The highest BCUT2D eigenvalue weighted by molar-refractivity contribution is 7.81. The second-order valence-electron chi connectivity index (χ2n) is 5.60. The number of halogens is 2. The Bertz CT molecular complexity index is 915. The van der Waals surface area contributed by atoms with Gasteiger partial charge in [-0.05, 0) is 12.1 Å². The van der Waals surface area contributed by atoms with Crippen molar-refractivity contribution in [2.45, 2.75) is 0 Å². The molecule has 0 radical (unpaired) electrons. The molecule has 1 unspecified atom stereocenters. The van der Waals surface area contributed by atoms with Gasteiger partial charge in [-0.15, -0.1) is 0 Å². The molecule has 1 aliphatic heterocycles. The molecule has 1 fully saturated rings. The third-order valence-electron chi connectivity index (χ3n) is 4.01. The molecule has 0 saturated carbocycles. The third-order valence-corrected chi connectivity index (χ3v) is 5.10. The predicted molar refractivity (Wildman–Crippen MR) is 90.4 cm³/mol. The topological polar surface area (TPSA) is 78.4 Å². The number of nitrogens with zero attached hydrogens (tertiary/aromatic N) is 3. The summed E-state index contributed by atoms with van der Waals surface area (Å²) in [6.07, 6.45) is 2.92. The van der Waals surface area contributed by atoms with Gasteiger partial charge < -0.3 is 4.90 Å². The second-order valence-corrected chi connectivity index (χ2v) is 6.96. The summed E-state index contributed by atoms with van der Waals surface area (Å²) in [5, 5.41) is 2.60. The van der Waals surface area contributed by atoms with Gasteiger partial charge in [0.1, 0.15) is 17.3 Å². The molecule has 2 heterocycles. The smallest absolute Gasteiger partial charge is 0.319 e. The van der Waals surface area contributed by atoms with Crippen LogP contribution in [-0.2, 0) is 11.0 Å². The summed E-state index contributed by atoms with van der Waals surface area (Å²) in [6, 6.07) is 2.59. The van der Waals surface area contributed by atoms with Crippen LogP contribution in [0.5, 0.6) is 0 Å². The van der Waals surface area contributed by atoms with Crippen molar-refractivity contribution in [1.29, 1.82) is 0 Å². The lowest BCUT2D eigenvalue weighted by Crippen LogP contribution is -2.49. The number of hydrogen-bond acceptors (Lipinski definition) is 4. The first kappa shape index (κ1) is 17.5. The fourth-order valence-corrected chi connectivity index (χ4v) is 3.42. The van der Waals surface area contributed by atoms with Crippen LogP contribution in [0.1, 0.15) is 0 Å². The van der Waals surface area contributed by atoms with E-state index >= 15 is 0 Å². The molecule has 1 N–H and O–H groups in total. The van der Waals surface area contributed by atoms with Gasteiger partial charge in [-0.2, -0.15) is 0 Å². The van der Waals surface area contributed by atoms with Crippen molar-refractivity contribution < 1.29 is 13.0 Å². The van der Waals surface area contributed by atoms with Gasteiger partial charge in [0.05, 0.1) is 16.7 Å². The van der Waals surface area contributed by atoms with Gasteiger partial charge in [-0.1, -0.05) is 0 Å². The lowest BCUT2D eigenvalue weighted by atomic mass is 10.3. The molecule has 7 nitrogen and oxygen atoms in total. The zero-order valence-electron chi connectivity index (χ0n) is 13.4. The Morgan fingerprint density at radius 3 is 2.20 bits per heavy atom. The summed E-state index contributed by atoms with van der Waals surface area (Å²) < 4.78 is 40.7. The third kappa shape index (κ3) is 3.54. The molecule has 1 aromatic heterocycles. The minimum atomic E-state index is -1.08. The van der Waals surface area contributed by atoms with Crippen LogP contribution in [0.4, 0.5) is 14.5 Å². The van der Waals surface area contributed by atoms with Crippen molar-refractivity contribution in [2.75, 3.05) is 37.3 Å². The average molecular weight is 370 g/mol. The highest BCUT2D eigenvalue weighted by atomic mass is 32.2. The fourth-order valence-electron chi connectivity index (χ4n) is 2.74. The van der Waals surface area contributed by atoms with Gasteiger partial charge in [0.15, 0.2) is 0 Å². The van der Waals surface area contributed by atoms with Crippen LogP contribution >= 0.6 is 0 Å². The Hall–Kier alpha value is -2.33. The van der Waals surface area contributed by atoms with E-state index in [1.807, 2.05) is 0 Å². The van der Waals surface area contributed by atoms with Gasteiger partial charge in [0.2, 0.25) is 0 Å². The standard InChI is InChI=1S/C15H16F2N4O3S/c1-25(24)20-4-2-19(3-5-20)13-9-18-21(15(23)14(13)22)12-7-10(16)6-11(17)8-12/h6-9,18H,2-5H2,1H3. The van der Waals surface area contributed by atoms with Crippen LogP contribution in [0.3, 0.4) is 0 Å². The van der Waals surface area contributed by atoms with E-state index in [0.29, 0.717) is 32.2 Å². The first-order chi connectivity index (χ1) is 11.9. The summed E-state index contributed by atoms with van der Waals surface area (Å²) in [4.78, 5) is 26.4. The van der Waals surface area contributed by atoms with E-state index in [9.17, 15) is 22.6 Å². The molecule has 1 saturated heterocycles. The molecule has 0 aliphatic carbocycles. The lowest BCUT2D eigenvalue weighted by molar-refractivity contribution is 0.411. The average Bonchev–Trinajstić information content (AvgIpc) is 2.56. The number of aromatic amines is 1. The molecule has 0 bridgehead atoms. The number of rotatable bonds is 3. The Balaban J connectivity index is 1.93. The maximum absolute atomic E-state index is 13.3. The number of hydrogen-bond donors (Lipinski definition) is 1. The minimum Gasteiger partial charge on any atom is -0.364 e. The minimum absolute atomic E-state index is 0.0997. The maximum atomic E-state index is 13.3. The monoisotopic (exact) mass is 370 g/mol. The fraction of sp³-hybridized carbons (Fsp3) is 0.333. The number of anilines is 1. The largest absolute Gasteiger partial charge is 0.364 e. The van der Waals surface area contributed by atoms with Gasteiger partial charge >= 0.3 is 5.56 Å². The maximum Gasteiger partial charge on any atom is 0.319 e. The van der Waals surface area contributed by atoms with Crippen LogP contribution in [0.15, 0.2) is 34.0 Å². The quantitative estimate of drug-likeness (QED) is 0.784. The molecule has 3 rings (SSSR count). The van der Waals surface area contributed by atoms with Crippen LogP contribution in [0, 0.1) is 11.6 Å². The summed E-state index contributed by atoms with van der Waals surface area (Å²) >= 11 is 0. The summed E-state index contributed by atoms with van der Waals surface area (Å²) in [7, 11) is -1.08. The summed E-state index contributed by atoms with van der Waals surface area (Å²) in [6.45, 7) is 1.89. The lowest BCUT2D eigenvalue weighted by Gasteiger charge is -2.33. The van der Waals surface area contributed by atoms with Gasteiger partial charge in [0.25, 0.3) is 5.43 Å². The van der Waals surface area contributed by atoms with Gasteiger partial charge in [-0.3, -0.25) is 14.7 Å². The van der Waals surface area contributed by atoms with Crippen LogP contribution in [-0.4, -0.2) is 50.7 Å². The van der Waals surface area contributed by atoms with E-state index in [0.717, 1.165) is 16.8 Å². The first-order valence-electron chi connectivity index (χ1n) is 7.51. The van der Waals surface area contributed by atoms with Crippen molar-refractivity contribution in [1.82, 2.24) is 14.1 Å². The van der Waals surface area contributed by atoms with Crippen molar-refractivity contribution in [3.63, 3.8) is 0 Å². The van der Waals surface area contributed by atoms with Gasteiger partial charge in [0, 0.05) is 44.7 Å². The second kappa shape index (κ2) is 6.89. The first-order valence-corrected chi connectivity index (χ1v) is 9.03. The normalized spacial score (nSPS) is 16.8. The SMILES string of the molecule is CS(=O)N1CCN(c2c[nH]n(-c3cc(F)cc(F)c3)c(=O)c2=O)CC1. The van der Waals surface area contributed by atoms with Crippen molar-refractivity contribution in [3.8, 4) is 5.69 Å². The van der Waals surface area contributed by atoms with E-state index in [4.69, 9.17) is 0 Å². The molecular weight excluding hydrogens is 354 g/mol. The van der Waals surface area contributed by atoms with E-state index in [2.05, 4.69) is 5.10 Å². The Labute approximate surface area is 144 Å². The number of benzene rings is 1. The van der Waals surface area contributed by atoms with E-state index in [1.54, 1.807) is 15.5 Å². The number of aromatic nitrogens is 2. The summed E-state index contributed by atoms with van der Waals surface area (Å²) in [5.41, 5.74) is -1.62. The van der Waals surface area contributed by atoms with Crippen LogP contribution < -0.4 is 15.9 Å². The Morgan fingerprint density at radius 2 is 1.64 bits per heavy atom. The molecular formula is C15H16F2N4O3S. The molecule has 10 heteroatoms. The van der Waals surface area contributed by atoms with E-state index < -0.39 is 33.6 Å². The highest BCUT2D eigenvalue weighted by Crippen LogP contribution is 2.13. The van der Waals surface area contributed by atoms with Crippen LogP contribution in [0.25, 0.3) is 5.69 Å². The van der Waals surface area contributed by atoms with Crippen molar-refractivity contribution in [3.05, 3.63) is 56.6 Å². The Morgan fingerprint density at radius 1 is 1.04 bits per heavy atom. The molecule has 1 atom stereocenters. The molecule has 134 valence electrons. The summed E-state index contributed by atoms with van der Waals surface area (Å²) in [5.74, 6) is -1.70. The van der Waals surface area contributed by atoms with Gasteiger partial charge in [-0.25, -0.2) is 22.0 Å². The number of nitrogens with one attached hydrogen (secondary N) is 1. The number of piperazine rings is 1.